The summed E-state index contributed by atoms with van der Waals surface area (Å²) >= 11 is 0. The number of benzene rings is 2. The molecule has 0 unspecified atom stereocenters. The molecule has 0 fully saturated rings. The Morgan fingerprint density at radius 3 is 2.37 bits per heavy atom. The van der Waals surface area contributed by atoms with Gasteiger partial charge in [-0.3, -0.25) is 4.57 Å². The molecule has 0 aliphatic heterocycles. The number of rotatable bonds is 3. The second-order valence-corrected chi connectivity index (χ2v) is 4.21. The van der Waals surface area contributed by atoms with Gasteiger partial charge in [0, 0.05) is 11.3 Å². The highest BCUT2D eigenvalue weighted by Gasteiger charge is 2.06. The average Bonchev–Trinajstić information content (AvgIpc) is 2.98. The highest BCUT2D eigenvalue weighted by Crippen LogP contribution is 2.23. The topological polar surface area (TPSA) is 27.1 Å². The molecule has 0 saturated heterocycles. The highest BCUT2D eigenvalue weighted by atomic mass is 16.5. The third-order valence-electron chi connectivity index (χ3n) is 3.06. The number of imidazole rings is 1. The van der Waals surface area contributed by atoms with Crippen molar-refractivity contribution >= 4 is 0 Å². The van der Waals surface area contributed by atoms with Crippen molar-refractivity contribution in [3.8, 4) is 22.7 Å². The summed E-state index contributed by atoms with van der Waals surface area (Å²) in [5, 5.41) is 0. The molecule has 0 N–H and O–H groups in total. The van der Waals surface area contributed by atoms with Crippen molar-refractivity contribution in [3.63, 3.8) is 0 Å². The Morgan fingerprint density at radius 2 is 1.68 bits per heavy atom. The van der Waals surface area contributed by atoms with Crippen molar-refractivity contribution in [2.45, 2.75) is 0 Å². The molecular formula is C16H14N2O. The molecule has 94 valence electrons. The first-order valence-electron chi connectivity index (χ1n) is 6.10. The maximum absolute atomic E-state index is 5.18. The van der Waals surface area contributed by atoms with Gasteiger partial charge in [-0.05, 0) is 24.3 Å². The molecule has 0 bridgehead atoms. The first-order valence-corrected chi connectivity index (χ1v) is 6.10. The van der Waals surface area contributed by atoms with E-state index in [0.29, 0.717) is 0 Å². The van der Waals surface area contributed by atoms with Gasteiger partial charge >= 0.3 is 0 Å². The van der Waals surface area contributed by atoms with Crippen LogP contribution in [0.3, 0.4) is 0 Å². The van der Waals surface area contributed by atoms with Crippen molar-refractivity contribution in [1.29, 1.82) is 0 Å². The van der Waals surface area contributed by atoms with Crippen LogP contribution in [0.25, 0.3) is 16.9 Å². The fraction of sp³-hybridized carbons (Fsp3) is 0.0625. The number of methoxy groups -OCH3 is 1. The van der Waals surface area contributed by atoms with Gasteiger partial charge in [0.25, 0.3) is 0 Å². The normalized spacial score (nSPS) is 10.4. The first kappa shape index (κ1) is 11.5. The number of nitrogens with zero attached hydrogens (tertiary/aromatic N) is 2. The molecule has 3 rings (SSSR count). The van der Waals surface area contributed by atoms with Crippen molar-refractivity contribution in [2.24, 2.45) is 0 Å². The number of hydrogen-bond donors (Lipinski definition) is 0. The van der Waals surface area contributed by atoms with Crippen LogP contribution < -0.4 is 4.74 Å². The molecule has 19 heavy (non-hydrogen) atoms. The van der Waals surface area contributed by atoms with Crippen LogP contribution in [-0.4, -0.2) is 16.7 Å². The Morgan fingerprint density at radius 1 is 0.947 bits per heavy atom. The molecule has 0 aliphatic rings. The standard InChI is InChI=1S/C16H14N2O/c1-19-15-9-7-14(8-10-15)18-12-17-11-16(18)13-5-3-2-4-6-13/h2-12H,1H3. The zero-order valence-corrected chi connectivity index (χ0v) is 10.7. The second kappa shape index (κ2) is 4.98. The summed E-state index contributed by atoms with van der Waals surface area (Å²) in [6.45, 7) is 0. The molecule has 0 saturated carbocycles. The van der Waals surface area contributed by atoms with Crippen molar-refractivity contribution in [2.75, 3.05) is 7.11 Å². The summed E-state index contributed by atoms with van der Waals surface area (Å²) in [6.07, 6.45) is 3.70. The van der Waals surface area contributed by atoms with Crippen LogP contribution in [0.1, 0.15) is 0 Å². The van der Waals surface area contributed by atoms with E-state index >= 15 is 0 Å². The van der Waals surface area contributed by atoms with Crippen LogP contribution in [0.15, 0.2) is 67.1 Å². The lowest BCUT2D eigenvalue weighted by Gasteiger charge is -2.09. The zero-order chi connectivity index (χ0) is 13.1. The summed E-state index contributed by atoms with van der Waals surface area (Å²) in [5.41, 5.74) is 3.29. The first-order chi connectivity index (χ1) is 9.38. The van der Waals surface area contributed by atoms with Crippen LogP contribution in [0.4, 0.5) is 0 Å². The lowest BCUT2D eigenvalue weighted by molar-refractivity contribution is 0.415. The van der Waals surface area contributed by atoms with Gasteiger partial charge in [-0.1, -0.05) is 30.3 Å². The quantitative estimate of drug-likeness (QED) is 0.710. The molecule has 0 radical (unpaired) electrons. The maximum atomic E-state index is 5.18. The van der Waals surface area contributed by atoms with Crippen LogP contribution >= 0.6 is 0 Å². The van der Waals surface area contributed by atoms with Gasteiger partial charge in [0.15, 0.2) is 0 Å². The molecule has 2 aromatic carbocycles. The third-order valence-corrected chi connectivity index (χ3v) is 3.06. The predicted octanol–water partition coefficient (Wildman–Crippen LogP) is 3.55. The van der Waals surface area contributed by atoms with E-state index < -0.39 is 0 Å². The summed E-state index contributed by atoms with van der Waals surface area (Å²) in [7, 11) is 1.67. The van der Waals surface area contributed by atoms with Gasteiger partial charge in [0.1, 0.15) is 5.75 Å². The number of ether oxygens (including phenoxy) is 1. The van der Waals surface area contributed by atoms with Crippen LogP contribution in [0.2, 0.25) is 0 Å². The largest absolute Gasteiger partial charge is 0.497 e. The fourth-order valence-electron chi connectivity index (χ4n) is 2.07. The van der Waals surface area contributed by atoms with Gasteiger partial charge in [0.2, 0.25) is 0 Å². The molecule has 0 aliphatic carbocycles. The Kier molecular flexibility index (Phi) is 3.02. The monoisotopic (exact) mass is 250 g/mol. The Labute approximate surface area is 112 Å². The molecular weight excluding hydrogens is 236 g/mol. The molecule has 0 amide bonds. The minimum atomic E-state index is 0.852. The molecule has 0 spiro atoms. The van der Waals surface area contributed by atoms with Gasteiger partial charge < -0.3 is 4.74 Å². The van der Waals surface area contributed by atoms with Gasteiger partial charge in [0.05, 0.1) is 25.3 Å². The fourth-order valence-corrected chi connectivity index (χ4v) is 2.07. The van der Waals surface area contributed by atoms with E-state index in [1.165, 1.54) is 0 Å². The Hall–Kier alpha value is -2.55. The predicted molar refractivity (Wildman–Crippen MR) is 75.6 cm³/mol. The molecule has 1 heterocycles. The van der Waals surface area contributed by atoms with Crippen LogP contribution in [-0.2, 0) is 0 Å². The van der Waals surface area contributed by atoms with E-state index in [4.69, 9.17) is 4.74 Å². The highest BCUT2D eigenvalue weighted by molar-refractivity contribution is 5.61. The second-order valence-electron chi connectivity index (χ2n) is 4.21. The van der Waals surface area contributed by atoms with Crippen LogP contribution in [0, 0.1) is 0 Å². The minimum Gasteiger partial charge on any atom is -0.497 e. The number of aromatic nitrogens is 2. The smallest absolute Gasteiger partial charge is 0.119 e. The van der Waals surface area contributed by atoms with Gasteiger partial charge in [-0.25, -0.2) is 4.98 Å². The van der Waals surface area contributed by atoms with Crippen molar-refractivity contribution in [3.05, 3.63) is 67.1 Å². The maximum Gasteiger partial charge on any atom is 0.119 e. The van der Waals surface area contributed by atoms with E-state index in [2.05, 4.69) is 21.7 Å². The molecule has 3 heteroatoms. The summed E-state index contributed by atoms with van der Waals surface area (Å²) in [6, 6.07) is 18.2. The zero-order valence-electron chi connectivity index (χ0n) is 10.7. The molecule has 3 aromatic rings. The summed E-state index contributed by atoms with van der Waals surface area (Å²) in [5.74, 6) is 0.852. The SMILES string of the molecule is COc1ccc(-n2cncc2-c2ccccc2)cc1. The third kappa shape index (κ3) is 2.22. The molecule has 3 nitrogen and oxygen atoms in total. The van der Waals surface area contributed by atoms with Gasteiger partial charge in [-0.2, -0.15) is 0 Å². The Bertz CT molecular complexity index is 657. The summed E-state index contributed by atoms with van der Waals surface area (Å²) < 4.78 is 7.24. The van der Waals surface area contributed by atoms with Crippen molar-refractivity contribution < 1.29 is 4.74 Å². The van der Waals surface area contributed by atoms with E-state index in [1.807, 2.05) is 55.0 Å². The van der Waals surface area contributed by atoms with E-state index in [-0.39, 0.29) is 0 Å². The van der Waals surface area contributed by atoms with E-state index in [1.54, 1.807) is 7.11 Å². The van der Waals surface area contributed by atoms with Gasteiger partial charge in [-0.15, -0.1) is 0 Å². The Balaban J connectivity index is 2.04. The summed E-state index contributed by atoms with van der Waals surface area (Å²) in [4.78, 5) is 4.25. The minimum absolute atomic E-state index is 0.852. The lowest BCUT2D eigenvalue weighted by atomic mass is 10.1. The lowest BCUT2D eigenvalue weighted by Crippen LogP contribution is -1.95. The average molecular weight is 250 g/mol. The van der Waals surface area contributed by atoms with E-state index in [9.17, 15) is 0 Å². The number of hydrogen-bond acceptors (Lipinski definition) is 2. The molecule has 0 atom stereocenters. The van der Waals surface area contributed by atoms with E-state index in [0.717, 1.165) is 22.7 Å². The molecule has 1 aromatic heterocycles. The van der Waals surface area contributed by atoms with Crippen LogP contribution in [0.5, 0.6) is 5.75 Å². The van der Waals surface area contributed by atoms with Crippen molar-refractivity contribution in [1.82, 2.24) is 9.55 Å².